The van der Waals surface area contributed by atoms with Crippen LogP contribution < -0.4 is 0 Å². The highest BCUT2D eigenvalue weighted by Gasteiger charge is 2.32. The summed E-state index contributed by atoms with van der Waals surface area (Å²) in [6.45, 7) is 0. The first-order valence-corrected chi connectivity index (χ1v) is 3.57. The lowest BCUT2D eigenvalue weighted by Gasteiger charge is -2.10. The van der Waals surface area contributed by atoms with Gasteiger partial charge in [0.15, 0.2) is 11.4 Å². The average Bonchev–Trinajstić information content (AvgIpc) is 1.98. The van der Waals surface area contributed by atoms with E-state index in [1.807, 2.05) is 0 Å². The molecule has 2 atom stereocenters. The molecular weight excluding hydrogens is 186 g/mol. The lowest BCUT2D eigenvalue weighted by Crippen LogP contribution is -2.36. The summed E-state index contributed by atoms with van der Waals surface area (Å²) >= 11 is 0.196. The molecule has 0 aliphatic rings. The number of carbonyl (C=O) groups is 2. The second-order valence-corrected chi connectivity index (χ2v) is 2.68. The molecule has 0 bridgehead atoms. The number of aliphatic carboxylic acids is 2. The van der Waals surface area contributed by atoms with Gasteiger partial charge in [0, 0.05) is 0 Å². The lowest BCUT2D eigenvalue weighted by molar-refractivity contribution is -0.152. The van der Waals surface area contributed by atoms with Gasteiger partial charge in [0.25, 0.3) is 0 Å². The largest absolute Gasteiger partial charge is 0.480 e. The van der Waals surface area contributed by atoms with Gasteiger partial charge in [-0.2, -0.15) is 5.26 Å². The van der Waals surface area contributed by atoms with E-state index >= 15 is 0 Å². The standard InChI is InChI=1S/C5H5NO5S/c6-1-12-3(5(10)11)2(7)4(8)9/h2-3,7H,(H,8,9)(H,10,11)/t2-,3-/m0/s1. The van der Waals surface area contributed by atoms with E-state index in [-0.39, 0.29) is 11.8 Å². The Kier molecular flexibility index (Phi) is 4.10. The van der Waals surface area contributed by atoms with Crippen LogP contribution in [0.5, 0.6) is 0 Å². The van der Waals surface area contributed by atoms with Gasteiger partial charge in [0.05, 0.1) is 0 Å². The van der Waals surface area contributed by atoms with Crippen LogP contribution in [0.15, 0.2) is 0 Å². The highest BCUT2D eigenvalue weighted by atomic mass is 32.2. The molecular formula is C5H5NO5S. The summed E-state index contributed by atoms with van der Waals surface area (Å²) in [4.78, 5) is 20.3. The van der Waals surface area contributed by atoms with E-state index in [1.54, 1.807) is 0 Å². The zero-order chi connectivity index (χ0) is 9.72. The molecule has 0 radical (unpaired) electrons. The fraction of sp³-hybridized carbons (Fsp3) is 0.400. The van der Waals surface area contributed by atoms with Crippen LogP contribution in [0.2, 0.25) is 0 Å². The van der Waals surface area contributed by atoms with Crippen molar-refractivity contribution in [2.75, 3.05) is 0 Å². The van der Waals surface area contributed by atoms with Crippen LogP contribution in [0.25, 0.3) is 0 Å². The van der Waals surface area contributed by atoms with Crippen molar-refractivity contribution in [3.63, 3.8) is 0 Å². The number of hydrogen-bond acceptors (Lipinski definition) is 5. The lowest BCUT2D eigenvalue weighted by atomic mass is 10.2. The third-order valence-electron chi connectivity index (χ3n) is 0.963. The predicted molar refractivity (Wildman–Crippen MR) is 38.3 cm³/mol. The molecule has 66 valence electrons. The van der Waals surface area contributed by atoms with Gasteiger partial charge < -0.3 is 15.3 Å². The van der Waals surface area contributed by atoms with Crippen molar-refractivity contribution in [1.82, 2.24) is 0 Å². The second-order valence-electron chi connectivity index (χ2n) is 1.75. The molecule has 0 rings (SSSR count). The number of rotatable bonds is 4. The van der Waals surface area contributed by atoms with Crippen molar-refractivity contribution in [2.24, 2.45) is 0 Å². The van der Waals surface area contributed by atoms with Gasteiger partial charge in [-0.25, -0.2) is 4.79 Å². The first-order chi connectivity index (χ1) is 5.50. The summed E-state index contributed by atoms with van der Waals surface area (Å²) in [5, 5.41) is 33.1. The first kappa shape index (κ1) is 10.7. The number of aliphatic hydroxyl groups is 1. The van der Waals surface area contributed by atoms with E-state index in [1.165, 1.54) is 5.40 Å². The van der Waals surface area contributed by atoms with E-state index in [4.69, 9.17) is 20.6 Å². The van der Waals surface area contributed by atoms with Gasteiger partial charge in [-0.3, -0.25) is 4.79 Å². The normalized spacial score (nSPS) is 14.3. The summed E-state index contributed by atoms with van der Waals surface area (Å²) in [7, 11) is 0. The predicted octanol–water partition coefficient (Wildman–Crippen LogP) is -0.901. The number of nitrogens with zero attached hydrogens (tertiary/aromatic N) is 1. The third-order valence-corrected chi connectivity index (χ3v) is 1.78. The molecule has 0 aromatic heterocycles. The number of aliphatic hydroxyl groups excluding tert-OH is 1. The van der Waals surface area contributed by atoms with Crippen LogP contribution in [-0.2, 0) is 9.59 Å². The van der Waals surface area contributed by atoms with E-state index in [9.17, 15) is 9.59 Å². The van der Waals surface area contributed by atoms with Crippen molar-refractivity contribution >= 4 is 23.7 Å². The first-order valence-electron chi connectivity index (χ1n) is 2.69. The monoisotopic (exact) mass is 191 g/mol. The smallest absolute Gasteiger partial charge is 0.334 e. The number of carboxylic acid groups (broad SMARTS) is 2. The summed E-state index contributed by atoms with van der Waals surface area (Å²) in [6.07, 6.45) is -2.06. The Bertz CT molecular complexity index is 234. The number of thioether (sulfide) groups is 1. The SMILES string of the molecule is N#CS[C@H](C(=O)O)[C@H](O)C(=O)O. The van der Waals surface area contributed by atoms with E-state index in [0.29, 0.717) is 0 Å². The molecule has 0 aromatic rings. The summed E-state index contributed by atoms with van der Waals surface area (Å²) in [5.41, 5.74) is 0. The van der Waals surface area contributed by atoms with Crippen molar-refractivity contribution < 1.29 is 24.9 Å². The molecule has 0 saturated carbocycles. The van der Waals surface area contributed by atoms with Crippen LogP contribution in [0.1, 0.15) is 0 Å². The Morgan fingerprint density at radius 2 is 1.83 bits per heavy atom. The third kappa shape index (κ3) is 2.77. The molecule has 6 nitrogen and oxygen atoms in total. The Morgan fingerprint density at radius 3 is 2.08 bits per heavy atom. The van der Waals surface area contributed by atoms with Gasteiger partial charge >= 0.3 is 11.9 Å². The maximum atomic E-state index is 10.2. The number of thiocyanates is 1. The van der Waals surface area contributed by atoms with Crippen LogP contribution in [-0.4, -0.2) is 38.6 Å². The van der Waals surface area contributed by atoms with Crippen LogP contribution >= 0.6 is 11.8 Å². The molecule has 0 aliphatic heterocycles. The molecule has 0 aromatic carbocycles. The molecule has 3 N–H and O–H groups in total. The van der Waals surface area contributed by atoms with Crippen LogP contribution in [0, 0.1) is 10.7 Å². The highest BCUT2D eigenvalue weighted by molar-refractivity contribution is 8.05. The molecule has 0 spiro atoms. The summed E-state index contributed by atoms with van der Waals surface area (Å²) < 4.78 is 0. The second kappa shape index (κ2) is 4.58. The molecule has 0 fully saturated rings. The van der Waals surface area contributed by atoms with Gasteiger partial charge in [0.2, 0.25) is 0 Å². The molecule has 7 heteroatoms. The fourth-order valence-electron chi connectivity index (χ4n) is 0.436. The number of carboxylic acids is 2. The molecule has 0 saturated heterocycles. The Hall–Kier alpha value is -1.26. The van der Waals surface area contributed by atoms with Gasteiger partial charge in [-0.15, -0.1) is 0 Å². The number of hydrogen-bond donors (Lipinski definition) is 3. The van der Waals surface area contributed by atoms with Crippen molar-refractivity contribution in [3.05, 3.63) is 0 Å². The Balaban J connectivity index is 4.42. The Labute approximate surface area is 71.4 Å². The van der Waals surface area contributed by atoms with Crippen molar-refractivity contribution in [3.8, 4) is 5.40 Å². The minimum Gasteiger partial charge on any atom is -0.480 e. The van der Waals surface area contributed by atoms with Crippen molar-refractivity contribution in [2.45, 2.75) is 11.4 Å². The molecule has 0 heterocycles. The Morgan fingerprint density at radius 1 is 1.33 bits per heavy atom. The quantitative estimate of drug-likeness (QED) is 0.492. The maximum absolute atomic E-state index is 10.2. The van der Waals surface area contributed by atoms with Crippen LogP contribution in [0.3, 0.4) is 0 Å². The van der Waals surface area contributed by atoms with Gasteiger partial charge in [0.1, 0.15) is 5.40 Å². The topological polar surface area (TPSA) is 119 Å². The highest BCUT2D eigenvalue weighted by Crippen LogP contribution is 2.13. The van der Waals surface area contributed by atoms with Gasteiger partial charge in [-0.05, 0) is 11.8 Å². The van der Waals surface area contributed by atoms with E-state index < -0.39 is 23.3 Å². The molecule has 0 amide bonds. The minimum atomic E-state index is -2.06. The van der Waals surface area contributed by atoms with E-state index in [0.717, 1.165) is 0 Å². The van der Waals surface area contributed by atoms with E-state index in [2.05, 4.69) is 0 Å². The average molecular weight is 191 g/mol. The zero-order valence-electron chi connectivity index (χ0n) is 5.67. The van der Waals surface area contributed by atoms with Gasteiger partial charge in [-0.1, -0.05) is 0 Å². The molecule has 0 aliphatic carbocycles. The summed E-state index contributed by atoms with van der Waals surface area (Å²) in [5.74, 6) is -3.19. The number of nitriles is 1. The molecule has 12 heavy (non-hydrogen) atoms. The zero-order valence-corrected chi connectivity index (χ0v) is 6.48. The van der Waals surface area contributed by atoms with Crippen molar-refractivity contribution in [1.29, 1.82) is 5.26 Å². The summed E-state index contributed by atoms with van der Waals surface area (Å²) in [6, 6.07) is 0. The fourth-order valence-corrected chi connectivity index (χ4v) is 0.896. The molecule has 0 unspecified atom stereocenters. The maximum Gasteiger partial charge on any atom is 0.334 e. The minimum absolute atomic E-state index is 0.196. The van der Waals surface area contributed by atoms with Crippen LogP contribution in [0.4, 0.5) is 0 Å².